The molecule has 0 aromatic heterocycles. The van der Waals surface area contributed by atoms with Gasteiger partial charge >= 0.3 is 0 Å². The highest BCUT2D eigenvalue weighted by molar-refractivity contribution is 7.80. The molecule has 1 fully saturated rings. The van der Waals surface area contributed by atoms with E-state index in [2.05, 4.69) is 21.3 Å². The Balaban J connectivity index is 2.12. The van der Waals surface area contributed by atoms with Gasteiger partial charge in [0.05, 0.1) is 13.2 Å². The van der Waals surface area contributed by atoms with Gasteiger partial charge in [-0.25, -0.2) is 0 Å². The third-order valence-electron chi connectivity index (χ3n) is 3.58. The van der Waals surface area contributed by atoms with Crippen LogP contribution in [-0.2, 0) is 9.47 Å². The summed E-state index contributed by atoms with van der Waals surface area (Å²) in [5, 5.41) is 14.4. The summed E-state index contributed by atoms with van der Waals surface area (Å²) < 4.78 is 9.97. The topological polar surface area (TPSA) is 66.6 Å². The normalized spacial score (nSPS) is 21.0. The van der Waals surface area contributed by atoms with Gasteiger partial charge in [-0.05, 0) is 50.1 Å². The van der Waals surface area contributed by atoms with Gasteiger partial charge in [0.15, 0.2) is 10.2 Å². The third-order valence-corrected chi connectivity index (χ3v) is 4.11. The van der Waals surface area contributed by atoms with Crippen molar-refractivity contribution < 1.29 is 9.47 Å². The number of methoxy groups -OCH3 is 2. The summed E-state index contributed by atoms with van der Waals surface area (Å²) in [6, 6.07) is 0.881. The fraction of sp³-hybridized carbons (Fsp3) is 0.857. The lowest BCUT2D eigenvalue weighted by atomic mass is 9.91. The number of thiocarbonyl (C=S) groups is 2. The minimum Gasteiger partial charge on any atom is -0.383 e. The van der Waals surface area contributed by atoms with Gasteiger partial charge in [-0.3, -0.25) is 0 Å². The smallest absolute Gasteiger partial charge is 0.166 e. The fourth-order valence-corrected chi connectivity index (χ4v) is 2.93. The van der Waals surface area contributed by atoms with Crippen LogP contribution in [0, 0.1) is 0 Å². The molecule has 0 aromatic rings. The zero-order valence-corrected chi connectivity index (χ0v) is 15.1. The van der Waals surface area contributed by atoms with Gasteiger partial charge in [-0.2, -0.15) is 0 Å². The minimum absolute atomic E-state index is 0.440. The molecule has 6 nitrogen and oxygen atoms in total. The van der Waals surface area contributed by atoms with Crippen LogP contribution in [-0.4, -0.2) is 62.8 Å². The maximum Gasteiger partial charge on any atom is 0.166 e. The van der Waals surface area contributed by atoms with E-state index < -0.39 is 0 Å². The maximum atomic E-state index is 5.27. The lowest BCUT2D eigenvalue weighted by Crippen LogP contribution is -2.48. The summed E-state index contributed by atoms with van der Waals surface area (Å²) in [7, 11) is 3.36. The van der Waals surface area contributed by atoms with Crippen LogP contribution >= 0.6 is 24.4 Å². The van der Waals surface area contributed by atoms with Crippen molar-refractivity contribution in [2.45, 2.75) is 37.8 Å². The highest BCUT2D eigenvalue weighted by atomic mass is 32.1. The lowest BCUT2D eigenvalue weighted by Gasteiger charge is -2.31. The van der Waals surface area contributed by atoms with Crippen molar-refractivity contribution in [3.05, 3.63) is 0 Å². The molecular weight excluding hydrogens is 320 g/mol. The predicted molar refractivity (Wildman–Crippen MR) is 97.3 cm³/mol. The van der Waals surface area contributed by atoms with Crippen molar-refractivity contribution >= 4 is 34.7 Å². The molecule has 8 heteroatoms. The van der Waals surface area contributed by atoms with Crippen LogP contribution < -0.4 is 21.3 Å². The Morgan fingerprint density at radius 3 is 1.50 bits per heavy atom. The quantitative estimate of drug-likeness (QED) is 0.374. The Labute approximate surface area is 144 Å². The van der Waals surface area contributed by atoms with Crippen molar-refractivity contribution in [2.24, 2.45) is 0 Å². The monoisotopic (exact) mass is 348 g/mol. The van der Waals surface area contributed by atoms with E-state index in [0.717, 1.165) is 38.8 Å². The molecule has 1 aliphatic carbocycles. The molecule has 0 aliphatic heterocycles. The molecule has 1 saturated carbocycles. The second-order valence-electron chi connectivity index (χ2n) is 5.33. The first-order chi connectivity index (χ1) is 10.7. The van der Waals surface area contributed by atoms with Gasteiger partial charge in [0, 0.05) is 39.4 Å². The van der Waals surface area contributed by atoms with Crippen LogP contribution in [0.5, 0.6) is 0 Å². The van der Waals surface area contributed by atoms with E-state index in [4.69, 9.17) is 33.9 Å². The third kappa shape index (κ3) is 8.67. The van der Waals surface area contributed by atoms with Crippen molar-refractivity contribution in [3.63, 3.8) is 0 Å². The van der Waals surface area contributed by atoms with Crippen LogP contribution in [0.4, 0.5) is 0 Å². The Kier molecular flexibility index (Phi) is 10.4. The second-order valence-corrected chi connectivity index (χ2v) is 6.15. The van der Waals surface area contributed by atoms with Gasteiger partial charge in [-0.1, -0.05) is 0 Å². The molecular formula is C14H28N4O2S2. The molecule has 0 bridgehead atoms. The molecule has 1 aliphatic rings. The molecule has 128 valence electrons. The van der Waals surface area contributed by atoms with Crippen molar-refractivity contribution in [1.29, 1.82) is 0 Å². The van der Waals surface area contributed by atoms with Crippen molar-refractivity contribution in [3.8, 4) is 0 Å². The summed E-state index contributed by atoms with van der Waals surface area (Å²) in [6.07, 6.45) is 4.35. The fourth-order valence-electron chi connectivity index (χ4n) is 2.39. The molecule has 0 spiro atoms. The Morgan fingerprint density at radius 2 is 1.18 bits per heavy atom. The van der Waals surface area contributed by atoms with E-state index in [1.54, 1.807) is 14.2 Å². The molecule has 0 atom stereocenters. The number of hydrogen-bond acceptors (Lipinski definition) is 4. The molecule has 4 N–H and O–H groups in total. The van der Waals surface area contributed by atoms with Crippen molar-refractivity contribution in [1.82, 2.24) is 21.3 Å². The Bertz CT molecular complexity index is 305. The molecule has 0 radical (unpaired) electrons. The zero-order valence-electron chi connectivity index (χ0n) is 13.4. The SMILES string of the molecule is COCCNC(=S)NC1CCC(NC(=S)NCCOC)CC1. The lowest BCUT2D eigenvalue weighted by molar-refractivity contribution is 0.203. The molecule has 0 aromatic carbocycles. The first-order valence-electron chi connectivity index (χ1n) is 7.72. The predicted octanol–water partition coefficient (Wildman–Crippen LogP) is 0.519. The summed E-state index contributed by atoms with van der Waals surface area (Å²) in [6.45, 7) is 2.79. The molecule has 0 heterocycles. The van der Waals surface area contributed by atoms with Crippen LogP contribution in [0.2, 0.25) is 0 Å². The summed E-state index contributed by atoms with van der Waals surface area (Å²) in [5.74, 6) is 0. The van der Waals surface area contributed by atoms with Crippen molar-refractivity contribution in [2.75, 3.05) is 40.5 Å². The standard InChI is InChI=1S/C14H28N4O2S2/c1-19-9-7-15-13(21)17-11-3-5-12(6-4-11)18-14(22)16-8-10-20-2/h11-12H,3-10H2,1-2H3,(H2,15,17,21)(H2,16,18,22). The van der Waals surface area contributed by atoms with E-state index in [9.17, 15) is 0 Å². The van der Waals surface area contributed by atoms with E-state index in [1.807, 2.05) is 0 Å². The highest BCUT2D eigenvalue weighted by Gasteiger charge is 2.21. The Morgan fingerprint density at radius 1 is 0.818 bits per heavy atom. The van der Waals surface area contributed by atoms with Gasteiger partial charge < -0.3 is 30.7 Å². The number of hydrogen-bond donors (Lipinski definition) is 4. The number of nitrogens with one attached hydrogen (secondary N) is 4. The number of ether oxygens (including phenoxy) is 2. The minimum atomic E-state index is 0.440. The molecule has 0 saturated heterocycles. The van der Waals surface area contributed by atoms with E-state index >= 15 is 0 Å². The summed E-state index contributed by atoms with van der Waals surface area (Å²) >= 11 is 10.5. The van der Waals surface area contributed by atoms with E-state index in [1.165, 1.54) is 0 Å². The van der Waals surface area contributed by atoms with Crippen LogP contribution in [0.25, 0.3) is 0 Å². The molecule has 0 amide bonds. The number of rotatable bonds is 8. The second kappa shape index (κ2) is 11.8. The summed E-state index contributed by atoms with van der Waals surface area (Å²) in [4.78, 5) is 0. The van der Waals surface area contributed by atoms with Gasteiger partial charge in [0.25, 0.3) is 0 Å². The Hall–Kier alpha value is -0.700. The average molecular weight is 349 g/mol. The average Bonchev–Trinajstić information content (AvgIpc) is 2.50. The first kappa shape index (κ1) is 19.3. The summed E-state index contributed by atoms with van der Waals surface area (Å²) in [5.41, 5.74) is 0. The zero-order chi connectivity index (χ0) is 16.2. The maximum absolute atomic E-state index is 5.27. The molecule has 0 unspecified atom stereocenters. The van der Waals surface area contributed by atoms with E-state index in [0.29, 0.717) is 35.5 Å². The van der Waals surface area contributed by atoms with Gasteiger partial charge in [0.1, 0.15) is 0 Å². The first-order valence-corrected chi connectivity index (χ1v) is 8.54. The van der Waals surface area contributed by atoms with Crippen LogP contribution in [0.15, 0.2) is 0 Å². The largest absolute Gasteiger partial charge is 0.383 e. The van der Waals surface area contributed by atoms with Crippen LogP contribution in [0.3, 0.4) is 0 Å². The van der Waals surface area contributed by atoms with E-state index in [-0.39, 0.29) is 0 Å². The highest BCUT2D eigenvalue weighted by Crippen LogP contribution is 2.18. The van der Waals surface area contributed by atoms with Crippen LogP contribution in [0.1, 0.15) is 25.7 Å². The molecule has 22 heavy (non-hydrogen) atoms. The van der Waals surface area contributed by atoms with Gasteiger partial charge in [-0.15, -0.1) is 0 Å². The molecule has 1 rings (SSSR count). The van der Waals surface area contributed by atoms with Gasteiger partial charge in [0.2, 0.25) is 0 Å².